The van der Waals surface area contributed by atoms with E-state index in [9.17, 15) is 22.8 Å². The van der Waals surface area contributed by atoms with Gasteiger partial charge in [-0.1, -0.05) is 6.07 Å². The first kappa shape index (κ1) is 19.2. The maximum atomic E-state index is 13.0. The summed E-state index contributed by atoms with van der Waals surface area (Å²) in [5.41, 5.74) is 0.279. The minimum absolute atomic E-state index is 0.0631. The molecule has 0 saturated carbocycles. The van der Waals surface area contributed by atoms with E-state index in [1.807, 2.05) is 0 Å². The molecule has 0 bridgehead atoms. The standard InChI is InChI=1S/C20H12F3N5O2/c21-20(22,23)16-10-13(5-7-25-16)26-19(30)17-15-3-1-2-8-28(15)27-18(17)12-4-6-24-14(9-12)11-29/h1-10,24H,(H,25,26,30). The Hall–Kier alpha value is -4.17. The number of dihydropyridines is 1. The van der Waals surface area contributed by atoms with Crippen LogP contribution in [-0.2, 0) is 11.0 Å². The molecule has 150 valence electrons. The second kappa shape index (κ2) is 7.34. The number of amides is 1. The Morgan fingerprint density at radius 2 is 2.07 bits per heavy atom. The number of alkyl halides is 3. The molecule has 0 aliphatic carbocycles. The van der Waals surface area contributed by atoms with Crippen LogP contribution in [0.1, 0.15) is 21.7 Å². The van der Waals surface area contributed by atoms with E-state index in [-0.39, 0.29) is 22.6 Å². The normalized spacial score (nSPS) is 13.6. The van der Waals surface area contributed by atoms with Crippen molar-refractivity contribution in [1.82, 2.24) is 19.9 Å². The Bertz CT molecular complexity index is 1270. The summed E-state index contributed by atoms with van der Waals surface area (Å²) >= 11 is 0. The van der Waals surface area contributed by atoms with Crippen molar-refractivity contribution in [3.05, 3.63) is 83.7 Å². The number of pyridine rings is 2. The van der Waals surface area contributed by atoms with Crippen molar-refractivity contribution in [3.63, 3.8) is 0 Å². The molecule has 0 fully saturated rings. The molecule has 1 aliphatic rings. The lowest BCUT2D eigenvalue weighted by Gasteiger charge is -2.11. The topological polar surface area (TPSA) is 88.4 Å². The molecule has 0 aromatic carbocycles. The quantitative estimate of drug-likeness (QED) is 0.647. The number of carbonyl (C=O) groups is 1. The zero-order valence-electron chi connectivity index (χ0n) is 15.1. The van der Waals surface area contributed by atoms with E-state index < -0.39 is 17.8 Å². The molecular weight excluding hydrogens is 399 g/mol. The van der Waals surface area contributed by atoms with E-state index >= 15 is 0 Å². The zero-order valence-corrected chi connectivity index (χ0v) is 15.1. The third kappa shape index (κ3) is 3.59. The number of carbonyl (C=O) groups excluding carboxylic acids is 2. The van der Waals surface area contributed by atoms with Gasteiger partial charge in [-0.2, -0.15) is 18.3 Å². The molecular formula is C20H12F3N5O2. The monoisotopic (exact) mass is 411 g/mol. The van der Waals surface area contributed by atoms with Gasteiger partial charge < -0.3 is 10.6 Å². The molecule has 0 atom stereocenters. The van der Waals surface area contributed by atoms with Crippen molar-refractivity contribution >= 4 is 28.6 Å². The maximum absolute atomic E-state index is 13.0. The van der Waals surface area contributed by atoms with Gasteiger partial charge in [0.15, 0.2) is 5.94 Å². The lowest BCUT2D eigenvalue weighted by Crippen LogP contribution is -2.16. The summed E-state index contributed by atoms with van der Waals surface area (Å²) < 4.78 is 40.2. The molecule has 4 heterocycles. The van der Waals surface area contributed by atoms with Gasteiger partial charge in [0.1, 0.15) is 17.1 Å². The van der Waals surface area contributed by atoms with Crippen molar-refractivity contribution in [1.29, 1.82) is 0 Å². The largest absolute Gasteiger partial charge is 0.433 e. The van der Waals surface area contributed by atoms with E-state index in [0.29, 0.717) is 11.1 Å². The predicted octanol–water partition coefficient (Wildman–Crippen LogP) is 3.22. The van der Waals surface area contributed by atoms with Gasteiger partial charge in [0.05, 0.1) is 11.1 Å². The average molecular weight is 411 g/mol. The Kier molecular flexibility index (Phi) is 4.69. The number of halogens is 3. The molecule has 1 amide bonds. The summed E-state index contributed by atoms with van der Waals surface area (Å²) in [6.45, 7) is 0. The first-order valence-electron chi connectivity index (χ1n) is 8.59. The van der Waals surface area contributed by atoms with Gasteiger partial charge in [-0.05, 0) is 36.4 Å². The van der Waals surface area contributed by atoms with Crippen LogP contribution in [0.4, 0.5) is 18.9 Å². The molecule has 2 N–H and O–H groups in total. The SMILES string of the molecule is O=C=C1C=C(c2nn3ccccc3c2C(=O)Nc2ccnc(C(F)(F)F)c2)C=CN1. The summed E-state index contributed by atoms with van der Waals surface area (Å²) in [5, 5.41) is 9.57. The van der Waals surface area contributed by atoms with E-state index in [4.69, 9.17) is 0 Å². The third-order valence-corrected chi connectivity index (χ3v) is 4.26. The van der Waals surface area contributed by atoms with Crippen LogP contribution in [0.5, 0.6) is 0 Å². The minimum atomic E-state index is -4.64. The van der Waals surface area contributed by atoms with Crippen LogP contribution in [-0.4, -0.2) is 26.4 Å². The molecule has 0 spiro atoms. The molecule has 4 rings (SSSR count). The summed E-state index contributed by atoms with van der Waals surface area (Å²) in [6.07, 6.45) is 2.55. The van der Waals surface area contributed by atoms with Crippen LogP contribution in [0, 0.1) is 0 Å². The van der Waals surface area contributed by atoms with E-state index in [1.165, 1.54) is 22.9 Å². The molecule has 7 nitrogen and oxygen atoms in total. The van der Waals surface area contributed by atoms with Crippen LogP contribution in [0.25, 0.3) is 11.1 Å². The van der Waals surface area contributed by atoms with E-state index in [1.54, 1.807) is 36.4 Å². The van der Waals surface area contributed by atoms with Crippen LogP contribution in [0.15, 0.2) is 66.8 Å². The second-order valence-corrected chi connectivity index (χ2v) is 6.23. The molecule has 0 radical (unpaired) electrons. The van der Waals surface area contributed by atoms with E-state index in [0.717, 1.165) is 12.3 Å². The first-order chi connectivity index (χ1) is 14.4. The smallest absolute Gasteiger partial charge is 0.353 e. The highest BCUT2D eigenvalue weighted by molar-refractivity contribution is 6.12. The van der Waals surface area contributed by atoms with Gasteiger partial charge in [0.25, 0.3) is 5.91 Å². The molecule has 30 heavy (non-hydrogen) atoms. The summed E-state index contributed by atoms with van der Waals surface area (Å²) in [4.78, 5) is 27.3. The molecule has 0 unspecified atom stereocenters. The minimum Gasteiger partial charge on any atom is -0.353 e. The first-order valence-corrected chi connectivity index (χ1v) is 8.59. The van der Waals surface area contributed by atoms with Crippen molar-refractivity contribution in [2.24, 2.45) is 0 Å². The van der Waals surface area contributed by atoms with Crippen molar-refractivity contribution in [2.45, 2.75) is 6.18 Å². The summed E-state index contributed by atoms with van der Waals surface area (Å²) in [6, 6.07) is 7.08. The van der Waals surface area contributed by atoms with E-state index in [2.05, 4.69) is 20.7 Å². The van der Waals surface area contributed by atoms with Gasteiger partial charge in [-0.3, -0.25) is 9.78 Å². The molecule has 0 saturated heterocycles. The highest BCUT2D eigenvalue weighted by atomic mass is 19.4. The number of nitrogens with zero attached hydrogens (tertiary/aromatic N) is 3. The van der Waals surface area contributed by atoms with Gasteiger partial charge in [0, 0.05) is 29.9 Å². The zero-order chi connectivity index (χ0) is 21.3. The van der Waals surface area contributed by atoms with Crippen molar-refractivity contribution in [2.75, 3.05) is 5.32 Å². The number of rotatable bonds is 3. The number of aromatic nitrogens is 3. The number of hydrogen-bond donors (Lipinski definition) is 2. The predicted molar refractivity (Wildman–Crippen MR) is 102 cm³/mol. The third-order valence-electron chi connectivity index (χ3n) is 4.26. The number of hydrogen-bond acceptors (Lipinski definition) is 5. The highest BCUT2D eigenvalue weighted by Crippen LogP contribution is 2.30. The number of nitrogens with one attached hydrogen (secondary N) is 2. The molecule has 10 heteroatoms. The molecule has 1 aliphatic heterocycles. The number of anilines is 1. The van der Waals surface area contributed by atoms with Crippen LogP contribution in [0.3, 0.4) is 0 Å². The lowest BCUT2D eigenvalue weighted by atomic mass is 10.0. The maximum Gasteiger partial charge on any atom is 0.433 e. The highest BCUT2D eigenvalue weighted by Gasteiger charge is 2.32. The molecule has 3 aromatic rings. The van der Waals surface area contributed by atoms with Crippen molar-refractivity contribution in [3.8, 4) is 0 Å². The average Bonchev–Trinajstić information content (AvgIpc) is 3.13. The summed E-state index contributed by atoms with van der Waals surface area (Å²) in [5.74, 6) is 1.07. The Balaban J connectivity index is 1.79. The number of fused-ring (bicyclic) bond motifs is 1. The Morgan fingerprint density at radius 1 is 1.23 bits per heavy atom. The fraction of sp³-hybridized carbons (Fsp3) is 0.0500. The van der Waals surface area contributed by atoms with Gasteiger partial charge >= 0.3 is 6.18 Å². The van der Waals surface area contributed by atoms with Crippen LogP contribution in [0.2, 0.25) is 0 Å². The Labute approximate surface area is 167 Å². The van der Waals surface area contributed by atoms with Gasteiger partial charge in [-0.25, -0.2) is 9.31 Å². The molecule has 3 aromatic heterocycles. The fourth-order valence-corrected chi connectivity index (χ4v) is 2.95. The lowest BCUT2D eigenvalue weighted by molar-refractivity contribution is -0.141. The second-order valence-electron chi connectivity index (χ2n) is 6.23. The van der Waals surface area contributed by atoms with Gasteiger partial charge in [-0.15, -0.1) is 0 Å². The van der Waals surface area contributed by atoms with Crippen LogP contribution >= 0.6 is 0 Å². The van der Waals surface area contributed by atoms with Crippen molar-refractivity contribution < 1.29 is 22.8 Å². The van der Waals surface area contributed by atoms with Gasteiger partial charge in [0.2, 0.25) is 0 Å². The fourth-order valence-electron chi connectivity index (χ4n) is 2.95. The summed E-state index contributed by atoms with van der Waals surface area (Å²) in [7, 11) is 0. The van der Waals surface area contributed by atoms with Crippen LogP contribution < -0.4 is 10.6 Å². The number of allylic oxidation sites excluding steroid dienone is 3. The Morgan fingerprint density at radius 3 is 2.83 bits per heavy atom.